The summed E-state index contributed by atoms with van der Waals surface area (Å²) in [6, 6.07) is 0.290. The van der Waals surface area contributed by atoms with Crippen LogP contribution in [0.15, 0.2) is 0 Å². The molecule has 1 amide bonds. The van der Waals surface area contributed by atoms with Gasteiger partial charge in [-0.05, 0) is 19.3 Å². The monoisotopic (exact) mass is 219 g/mol. The average molecular weight is 220 g/mol. The van der Waals surface area contributed by atoms with Crippen molar-refractivity contribution in [2.45, 2.75) is 31.7 Å². The van der Waals surface area contributed by atoms with Crippen LogP contribution in [0.1, 0.15) is 25.7 Å². The zero-order chi connectivity index (χ0) is 10.4. The van der Waals surface area contributed by atoms with Crippen LogP contribution < -0.4 is 0 Å². The molecule has 1 heterocycles. The molecule has 4 heteroatoms. The maximum atomic E-state index is 11.6. The third-order valence-electron chi connectivity index (χ3n) is 2.62. The fraction of sp³-hybridized carbons (Fsp3) is 0.900. The largest absolute Gasteiger partial charge is 0.379 e. The summed E-state index contributed by atoms with van der Waals surface area (Å²) in [5.41, 5.74) is 0. The van der Waals surface area contributed by atoms with E-state index >= 15 is 0 Å². The highest BCUT2D eigenvalue weighted by atomic mass is 35.5. The number of unbranched alkanes of at least 4 members (excludes halogenated alkanes) is 1. The molecule has 1 aliphatic heterocycles. The van der Waals surface area contributed by atoms with Crippen LogP contribution in [0.3, 0.4) is 0 Å². The quantitative estimate of drug-likeness (QED) is 0.520. The summed E-state index contributed by atoms with van der Waals surface area (Å²) in [4.78, 5) is 13.5. The zero-order valence-electron chi connectivity index (χ0n) is 8.67. The highest BCUT2D eigenvalue weighted by molar-refractivity contribution is 6.17. The van der Waals surface area contributed by atoms with Crippen molar-refractivity contribution in [3.63, 3.8) is 0 Å². The van der Waals surface area contributed by atoms with Gasteiger partial charge in [0.15, 0.2) is 0 Å². The van der Waals surface area contributed by atoms with E-state index in [2.05, 4.69) is 0 Å². The summed E-state index contributed by atoms with van der Waals surface area (Å²) in [5.74, 6) is 0.856. The molecule has 0 aromatic carbocycles. The molecule has 1 fully saturated rings. The van der Waals surface area contributed by atoms with Crippen molar-refractivity contribution in [2.75, 3.05) is 26.1 Å². The van der Waals surface area contributed by atoms with E-state index in [0.717, 1.165) is 25.9 Å². The minimum absolute atomic E-state index is 0.214. The molecule has 14 heavy (non-hydrogen) atoms. The van der Waals surface area contributed by atoms with Crippen LogP contribution in [0.25, 0.3) is 0 Å². The van der Waals surface area contributed by atoms with E-state index in [1.165, 1.54) is 0 Å². The van der Waals surface area contributed by atoms with E-state index < -0.39 is 0 Å². The molecule has 82 valence electrons. The molecule has 1 aliphatic rings. The summed E-state index contributed by atoms with van der Waals surface area (Å²) >= 11 is 5.55. The van der Waals surface area contributed by atoms with Gasteiger partial charge in [0.2, 0.25) is 5.91 Å². The topological polar surface area (TPSA) is 29.5 Å². The number of hydrogen-bond acceptors (Lipinski definition) is 2. The maximum absolute atomic E-state index is 11.6. The molecule has 1 saturated heterocycles. The molecule has 0 aromatic heterocycles. The van der Waals surface area contributed by atoms with Crippen molar-refractivity contribution >= 4 is 17.5 Å². The second kappa shape index (κ2) is 6.25. The molecule has 0 aromatic rings. The van der Waals surface area contributed by atoms with Gasteiger partial charge >= 0.3 is 0 Å². The first-order chi connectivity index (χ1) is 6.75. The lowest BCUT2D eigenvalue weighted by Crippen LogP contribution is -2.37. The SMILES string of the molecule is CN(C(=O)CCCCCl)C1CCOC1. The van der Waals surface area contributed by atoms with Crippen molar-refractivity contribution in [1.82, 2.24) is 4.90 Å². The fourth-order valence-corrected chi connectivity index (χ4v) is 1.77. The number of carbonyl (C=O) groups excluding carboxylic acids is 1. The Hall–Kier alpha value is -0.280. The van der Waals surface area contributed by atoms with Gasteiger partial charge in [-0.25, -0.2) is 0 Å². The normalized spacial score (nSPS) is 21.1. The number of ether oxygens (including phenoxy) is 1. The first-order valence-electron chi connectivity index (χ1n) is 5.15. The number of halogens is 1. The van der Waals surface area contributed by atoms with Gasteiger partial charge in [-0.15, -0.1) is 11.6 Å². The minimum atomic E-state index is 0.214. The van der Waals surface area contributed by atoms with E-state index in [1.54, 1.807) is 0 Å². The Morgan fingerprint density at radius 1 is 1.57 bits per heavy atom. The summed E-state index contributed by atoms with van der Waals surface area (Å²) in [5, 5.41) is 0. The molecule has 3 nitrogen and oxygen atoms in total. The summed E-state index contributed by atoms with van der Waals surface area (Å²) in [6.45, 7) is 1.47. The van der Waals surface area contributed by atoms with Crippen LogP contribution in [0, 0.1) is 0 Å². The van der Waals surface area contributed by atoms with Crippen LogP contribution in [0.4, 0.5) is 0 Å². The van der Waals surface area contributed by atoms with E-state index in [-0.39, 0.29) is 5.91 Å². The molecular weight excluding hydrogens is 202 g/mol. The first-order valence-corrected chi connectivity index (χ1v) is 5.68. The van der Waals surface area contributed by atoms with Crippen LogP contribution in [-0.2, 0) is 9.53 Å². The Morgan fingerprint density at radius 2 is 2.36 bits per heavy atom. The molecule has 0 aliphatic carbocycles. The molecule has 0 bridgehead atoms. The lowest BCUT2D eigenvalue weighted by atomic mass is 10.2. The average Bonchev–Trinajstić information content (AvgIpc) is 2.69. The van der Waals surface area contributed by atoms with Gasteiger partial charge in [0, 0.05) is 26.0 Å². The Labute approximate surface area is 90.4 Å². The van der Waals surface area contributed by atoms with Gasteiger partial charge < -0.3 is 9.64 Å². The minimum Gasteiger partial charge on any atom is -0.379 e. The molecule has 0 N–H and O–H groups in total. The van der Waals surface area contributed by atoms with E-state index in [1.807, 2.05) is 11.9 Å². The van der Waals surface area contributed by atoms with Gasteiger partial charge in [0.1, 0.15) is 0 Å². The van der Waals surface area contributed by atoms with Crippen molar-refractivity contribution in [1.29, 1.82) is 0 Å². The van der Waals surface area contributed by atoms with Gasteiger partial charge in [0.05, 0.1) is 12.6 Å². The van der Waals surface area contributed by atoms with Gasteiger partial charge in [0.25, 0.3) is 0 Å². The lowest BCUT2D eigenvalue weighted by Gasteiger charge is -2.23. The highest BCUT2D eigenvalue weighted by Crippen LogP contribution is 2.12. The van der Waals surface area contributed by atoms with Crippen LogP contribution in [-0.4, -0.2) is 43.0 Å². The summed E-state index contributed by atoms with van der Waals surface area (Å²) < 4.78 is 5.24. The third-order valence-corrected chi connectivity index (χ3v) is 2.89. The zero-order valence-corrected chi connectivity index (χ0v) is 9.42. The predicted octanol–water partition coefficient (Wildman–Crippen LogP) is 1.64. The van der Waals surface area contributed by atoms with E-state index in [4.69, 9.17) is 16.3 Å². The van der Waals surface area contributed by atoms with Gasteiger partial charge in [-0.2, -0.15) is 0 Å². The number of alkyl halides is 1. The highest BCUT2D eigenvalue weighted by Gasteiger charge is 2.23. The van der Waals surface area contributed by atoms with Crippen LogP contribution >= 0.6 is 11.6 Å². The first kappa shape index (κ1) is 11.8. The number of amides is 1. The van der Waals surface area contributed by atoms with Crippen molar-refractivity contribution < 1.29 is 9.53 Å². The van der Waals surface area contributed by atoms with Crippen molar-refractivity contribution in [3.8, 4) is 0 Å². The van der Waals surface area contributed by atoms with Gasteiger partial charge in [-0.1, -0.05) is 0 Å². The van der Waals surface area contributed by atoms with E-state index in [9.17, 15) is 4.79 Å². The second-order valence-corrected chi connectivity index (χ2v) is 4.05. The van der Waals surface area contributed by atoms with Crippen LogP contribution in [0.5, 0.6) is 0 Å². The van der Waals surface area contributed by atoms with E-state index in [0.29, 0.717) is 24.9 Å². The Balaban J connectivity index is 2.21. The molecule has 0 spiro atoms. The summed E-state index contributed by atoms with van der Waals surface area (Å²) in [6.07, 6.45) is 3.39. The van der Waals surface area contributed by atoms with Gasteiger partial charge in [-0.3, -0.25) is 4.79 Å². The second-order valence-electron chi connectivity index (χ2n) is 3.67. The number of carbonyl (C=O) groups is 1. The number of hydrogen-bond donors (Lipinski definition) is 0. The maximum Gasteiger partial charge on any atom is 0.222 e. The molecule has 1 atom stereocenters. The summed E-state index contributed by atoms with van der Waals surface area (Å²) in [7, 11) is 1.86. The smallest absolute Gasteiger partial charge is 0.222 e. The lowest BCUT2D eigenvalue weighted by molar-refractivity contribution is -0.132. The fourth-order valence-electron chi connectivity index (χ4n) is 1.58. The molecule has 1 unspecified atom stereocenters. The van der Waals surface area contributed by atoms with Crippen molar-refractivity contribution in [2.24, 2.45) is 0 Å². The molecule has 0 saturated carbocycles. The molecule has 0 radical (unpaired) electrons. The van der Waals surface area contributed by atoms with Crippen molar-refractivity contribution in [3.05, 3.63) is 0 Å². The standard InChI is InChI=1S/C10H18ClNO2/c1-12(9-5-7-14-8-9)10(13)4-2-3-6-11/h9H,2-8H2,1H3. The number of rotatable bonds is 5. The molecule has 1 rings (SSSR count). The predicted molar refractivity (Wildman–Crippen MR) is 56.6 cm³/mol. The Kier molecular flexibility index (Phi) is 5.26. The third kappa shape index (κ3) is 3.46. The number of nitrogens with zero attached hydrogens (tertiary/aromatic N) is 1. The van der Waals surface area contributed by atoms with Crippen LogP contribution in [0.2, 0.25) is 0 Å². The Morgan fingerprint density at radius 3 is 2.93 bits per heavy atom. The molecular formula is C10H18ClNO2. The Bertz CT molecular complexity index is 181. The number of likely N-dealkylation sites (N-methyl/N-ethyl adjacent to an activating group) is 1.